The van der Waals surface area contributed by atoms with E-state index in [0.29, 0.717) is 13.2 Å². The van der Waals surface area contributed by atoms with Gasteiger partial charge in [-0.3, -0.25) is 9.59 Å². The first-order chi connectivity index (χ1) is 15.1. The second kappa shape index (κ2) is 13.6. The van der Waals surface area contributed by atoms with Crippen molar-refractivity contribution in [3.8, 4) is 0 Å². The number of methoxy groups -OCH3 is 1. The minimum atomic E-state index is -2.89. The molecule has 1 saturated heterocycles. The standard InChI is InChI=1S/C18H31NO13/c1-29-4-5-30-6-7-31-13(24)3-2-12(23)19-14-10(21)8-18(28,17(26)27)32-16(14)15(25)11(22)9-20/h10-11,14-16,20-22,25,28H,2-9H2,1H3,(H,19,23)(H,26,27). The molecule has 1 rings (SSSR count). The number of carbonyl (C=O) groups is 3. The maximum Gasteiger partial charge on any atom is 0.364 e. The molecule has 0 aromatic rings. The lowest BCUT2D eigenvalue weighted by molar-refractivity contribution is -0.295. The number of aliphatic hydroxyl groups is 5. The van der Waals surface area contributed by atoms with Crippen LogP contribution < -0.4 is 5.32 Å². The van der Waals surface area contributed by atoms with Gasteiger partial charge in [0.25, 0.3) is 5.79 Å². The van der Waals surface area contributed by atoms with Crippen LogP contribution in [0.3, 0.4) is 0 Å². The number of carboxylic acids is 1. The molecule has 0 radical (unpaired) electrons. The Morgan fingerprint density at radius 3 is 2.41 bits per heavy atom. The van der Waals surface area contributed by atoms with Crippen LogP contribution in [0.25, 0.3) is 0 Å². The van der Waals surface area contributed by atoms with Crippen LogP contribution >= 0.6 is 0 Å². The fraction of sp³-hybridized carbons (Fsp3) is 0.833. The Bertz CT molecular complexity index is 618. The van der Waals surface area contributed by atoms with E-state index in [9.17, 15) is 34.8 Å². The van der Waals surface area contributed by atoms with Crippen molar-refractivity contribution in [3.05, 3.63) is 0 Å². The quantitative estimate of drug-likeness (QED) is 0.0956. The lowest BCUT2D eigenvalue weighted by atomic mass is 9.88. The third-order valence-electron chi connectivity index (χ3n) is 4.64. The van der Waals surface area contributed by atoms with Crippen LogP contribution in [0.5, 0.6) is 0 Å². The summed E-state index contributed by atoms with van der Waals surface area (Å²) < 4.78 is 19.7. The average molecular weight is 469 g/mol. The molecule has 14 heteroatoms. The molecule has 32 heavy (non-hydrogen) atoms. The molecule has 1 fully saturated rings. The summed E-state index contributed by atoms with van der Waals surface area (Å²) in [6, 6.07) is -1.46. The second-order valence-corrected chi connectivity index (χ2v) is 7.10. The van der Waals surface area contributed by atoms with Crippen LogP contribution in [0.15, 0.2) is 0 Å². The first kappa shape index (κ1) is 28.1. The molecular formula is C18H31NO13. The van der Waals surface area contributed by atoms with Crippen molar-refractivity contribution < 1.29 is 64.0 Å². The number of esters is 1. The summed E-state index contributed by atoms with van der Waals surface area (Å²) in [7, 11) is 1.51. The van der Waals surface area contributed by atoms with Gasteiger partial charge in [-0.15, -0.1) is 0 Å². The average Bonchev–Trinajstić information content (AvgIpc) is 2.75. The summed E-state index contributed by atoms with van der Waals surface area (Å²) in [4.78, 5) is 35.2. The number of hydrogen-bond donors (Lipinski definition) is 7. The third kappa shape index (κ3) is 8.55. The number of aliphatic hydroxyl groups excluding tert-OH is 4. The molecule has 0 aromatic carbocycles. The fourth-order valence-corrected chi connectivity index (χ4v) is 2.91. The number of carbonyl (C=O) groups excluding carboxylic acids is 2. The predicted octanol–water partition coefficient (Wildman–Crippen LogP) is -3.91. The molecule has 0 aliphatic carbocycles. The zero-order chi connectivity index (χ0) is 24.3. The molecule has 7 N–H and O–H groups in total. The van der Waals surface area contributed by atoms with Crippen LogP contribution in [-0.4, -0.2) is 125 Å². The SMILES string of the molecule is COCCOCCOC(=O)CCC(=O)NC1C(O)CC(O)(C(=O)O)OC1C(O)C(O)CO. The van der Waals surface area contributed by atoms with E-state index in [1.54, 1.807) is 0 Å². The van der Waals surface area contributed by atoms with Crippen molar-refractivity contribution in [2.45, 2.75) is 55.5 Å². The molecular weight excluding hydrogens is 438 g/mol. The van der Waals surface area contributed by atoms with E-state index < -0.39 is 67.1 Å². The molecule has 6 atom stereocenters. The largest absolute Gasteiger partial charge is 0.477 e. The molecule has 14 nitrogen and oxygen atoms in total. The van der Waals surface area contributed by atoms with Crippen molar-refractivity contribution in [3.63, 3.8) is 0 Å². The number of ether oxygens (including phenoxy) is 4. The Morgan fingerprint density at radius 2 is 1.81 bits per heavy atom. The van der Waals surface area contributed by atoms with E-state index in [1.807, 2.05) is 0 Å². The molecule has 186 valence electrons. The van der Waals surface area contributed by atoms with Gasteiger partial charge in [-0.25, -0.2) is 4.79 Å². The highest BCUT2D eigenvalue weighted by atomic mass is 16.7. The third-order valence-corrected chi connectivity index (χ3v) is 4.64. The Labute approximate surface area is 183 Å². The minimum absolute atomic E-state index is 0.0273. The monoisotopic (exact) mass is 469 g/mol. The topological polar surface area (TPSA) is 222 Å². The highest BCUT2D eigenvalue weighted by Crippen LogP contribution is 2.30. The van der Waals surface area contributed by atoms with Crippen LogP contribution in [0.1, 0.15) is 19.3 Å². The van der Waals surface area contributed by atoms with Crippen molar-refractivity contribution >= 4 is 17.8 Å². The molecule has 1 amide bonds. The minimum Gasteiger partial charge on any atom is -0.477 e. The Balaban J connectivity index is 2.63. The Hall–Kier alpha value is -1.91. The van der Waals surface area contributed by atoms with Gasteiger partial charge >= 0.3 is 11.9 Å². The number of amides is 1. The number of rotatable bonds is 14. The number of nitrogens with one attached hydrogen (secondary N) is 1. The molecule has 0 spiro atoms. The predicted molar refractivity (Wildman–Crippen MR) is 102 cm³/mol. The number of carboxylic acid groups (broad SMARTS) is 1. The van der Waals surface area contributed by atoms with Gasteiger partial charge in [-0.2, -0.15) is 0 Å². The molecule has 0 saturated carbocycles. The summed E-state index contributed by atoms with van der Waals surface area (Å²) in [5.74, 6) is -6.21. The fourth-order valence-electron chi connectivity index (χ4n) is 2.91. The molecule has 0 bridgehead atoms. The van der Waals surface area contributed by atoms with Crippen LogP contribution in [0.2, 0.25) is 0 Å². The summed E-state index contributed by atoms with van der Waals surface area (Å²) >= 11 is 0. The maximum atomic E-state index is 12.2. The molecule has 1 heterocycles. The van der Waals surface area contributed by atoms with E-state index in [1.165, 1.54) is 7.11 Å². The maximum absolute atomic E-state index is 12.2. The summed E-state index contributed by atoms with van der Waals surface area (Å²) in [6.45, 7) is -0.103. The first-order valence-electron chi connectivity index (χ1n) is 9.86. The number of hydrogen-bond acceptors (Lipinski definition) is 12. The normalized spacial score (nSPS) is 27.4. The Morgan fingerprint density at radius 1 is 1.16 bits per heavy atom. The van der Waals surface area contributed by atoms with Crippen LogP contribution in [0, 0.1) is 0 Å². The van der Waals surface area contributed by atoms with Crippen molar-refractivity contribution in [1.82, 2.24) is 5.32 Å². The van der Waals surface area contributed by atoms with Gasteiger partial charge in [0.1, 0.15) is 24.9 Å². The Kier molecular flexibility index (Phi) is 11.9. The van der Waals surface area contributed by atoms with E-state index in [4.69, 9.17) is 29.2 Å². The lowest BCUT2D eigenvalue weighted by Gasteiger charge is -2.44. The van der Waals surface area contributed by atoms with Crippen molar-refractivity contribution in [2.75, 3.05) is 40.1 Å². The summed E-state index contributed by atoms with van der Waals surface area (Å²) in [6.07, 6.45) is -8.81. The van der Waals surface area contributed by atoms with Crippen LogP contribution in [-0.2, 0) is 33.3 Å². The molecule has 0 aromatic heterocycles. The van der Waals surface area contributed by atoms with E-state index in [-0.39, 0.29) is 26.1 Å². The van der Waals surface area contributed by atoms with Crippen LogP contribution in [0.4, 0.5) is 0 Å². The molecule has 1 aliphatic heterocycles. The lowest BCUT2D eigenvalue weighted by Crippen LogP contribution is -2.67. The van der Waals surface area contributed by atoms with E-state index in [2.05, 4.69) is 5.32 Å². The van der Waals surface area contributed by atoms with Crippen molar-refractivity contribution in [2.24, 2.45) is 0 Å². The second-order valence-electron chi connectivity index (χ2n) is 7.10. The zero-order valence-corrected chi connectivity index (χ0v) is 17.6. The van der Waals surface area contributed by atoms with Gasteiger partial charge in [0.15, 0.2) is 0 Å². The van der Waals surface area contributed by atoms with Gasteiger partial charge in [0.2, 0.25) is 5.91 Å². The van der Waals surface area contributed by atoms with Crippen molar-refractivity contribution in [1.29, 1.82) is 0 Å². The van der Waals surface area contributed by atoms with Gasteiger partial charge in [-0.1, -0.05) is 0 Å². The first-order valence-corrected chi connectivity index (χ1v) is 9.86. The highest BCUT2D eigenvalue weighted by Gasteiger charge is 2.53. The van der Waals surface area contributed by atoms with E-state index in [0.717, 1.165) is 0 Å². The number of aliphatic carboxylic acids is 1. The highest BCUT2D eigenvalue weighted by molar-refractivity contribution is 5.81. The van der Waals surface area contributed by atoms with Gasteiger partial charge < -0.3 is 54.9 Å². The summed E-state index contributed by atoms with van der Waals surface area (Å²) in [5.41, 5.74) is 0. The molecule has 1 aliphatic rings. The van der Waals surface area contributed by atoms with E-state index >= 15 is 0 Å². The van der Waals surface area contributed by atoms with Gasteiger partial charge in [-0.05, 0) is 0 Å². The smallest absolute Gasteiger partial charge is 0.364 e. The van der Waals surface area contributed by atoms with Gasteiger partial charge in [0, 0.05) is 20.0 Å². The zero-order valence-electron chi connectivity index (χ0n) is 17.6. The summed E-state index contributed by atoms with van der Waals surface area (Å²) in [5, 5.41) is 60.6. The van der Waals surface area contributed by atoms with Gasteiger partial charge in [0.05, 0.1) is 45.0 Å². The molecule has 6 unspecified atom stereocenters.